The summed E-state index contributed by atoms with van der Waals surface area (Å²) in [5.41, 5.74) is 3.80. The van der Waals surface area contributed by atoms with Gasteiger partial charge in [0.2, 0.25) is 0 Å². The molecule has 0 radical (unpaired) electrons. The van der Waals surface area contributed by atoms with Gasteiger partial charge in [-0.25, -0.2) is 0 Å². The van der Waals surface area contributed by atoms with Crippen LogP contribution in [0.15, 0.2) is 12.1 Å². The van der Waals surface area contributed by atoms with Crippen LogP contribution in [0.4, 0.5) is 0 Å². The molecule has 0 spiro atoms. The predicted molar refractivity (Wildman–Crippen MR) is 68.6 cm³/mol. The van der Waals surface area contributed by atoms with E-state index in [1.54, 1.807) is 6.92 Å². The van der Waals surface area contributed by atoms with Gasteiger partial charge in [0.15, 0.2) is 0 Å². The lowest BCUT2D eigenvalue weighted by molar-refractivity contribution is -0.145. The molecule has 0 bridgehead atoms. The quantitative estimate of drug-likeness (QED) is 0.640. The molecule has 5 heteroatoms. The van der Waals surface area contributed by atoms with Crippen molar-refractivity contribution in [3.05, 3.63) is 28.8 Å². The molecule has 2 rings (SSSR count). The second-order valence-corrected chi connectivity index (χ2v) is 4.57. The van der Waals surface area contributed by atoms with E-state index in [1.807, 2.05) is 26.0 Å². The van der Waals surface area contributed by atoms with Gasteiger partial charge in [0, 0.05) is 0 Å². The number of carbonyl (C=O) groups excluding carboxylic acids is 1. The number of carbonyl (C=O) groups is 1. The highest BCUT2D eigenvalue weighted by molar-refractivity contribution is 6.61. The van der Waals surface area contributed by atoms with E-state index in [4.69, 9.17) is 9.39 Å². The van der Waals surface area contributed by atoms with E-state index < -0.39 is 13.2 Å². The number of esters is 1. The largest absolute Gasteiger partial charge is 0.492 e. The maximum absolute atomic E-state index is 11.5. The van der Waals surface area contributed by atoms with Gasteiger partial charge in [-0.2, -0.15) is 0 Å². The molecule has 0 saturated heterocycles. The molecule has 1 aliphatic heterocycles. The molecule has 0 amide bonds. The third kappa shape index (κ3) is 2.42. The molecule has 1 aromatic rings. The average Bonchev–Trinajstić information content (AvgIpc) is 2.55. The topological polar surface area (TPSA) is 55.8 Å². The molecule has 0 aromatic heterocycles. The molecule has 4 nitrogen and oxygen atoms in total. The van der Waals surface area contributed by atoms with Crippen molar-refractivity contribution in [1.82, 2.24) is 0 Å². The van der Waals surface area contributed by atoms with Gasteiger partial charge in [-0.3, -0.25) is 4.79 Å². The summed E-state index contributed by atoms with van der Waals surface area (Å²) in [5, 5.41) is 9.87. The van der Waals surface area contributed by atoms with E-state index in [0.29, 0.717) is 6.61 Å². The van der Waals surface area contributed by atoms with Gasteiger partial charge in [0.25, 0.3) is 0 Å². The molecule has 18 heavy (non-hydrogen) atoms. The van der Waals surface area contributed by atoms with E-state index in [0.717, 1.165) is 22.2 Å². The van der Waals surface area contributed by atoms with E-state index in [2.05, 4.69) is 0 Å². The zero-order chi connectivity index (χ0) is 13.3. The van der Waals surface area contributed by atoms with Crippen LogP contribution < -0.4 is 5.46 Å². The van der Waals surface area contributed by atoms with E-state index in [9.17, 15) is 9.82 Å². The van der Waals surface area contributed by atoms with Crippen molar-refractivity contribution in [3.8, 4) is 0 Å². The molecule has 0 fully saturated rings. The highest BCUT2D eigenvalue weighted by Gasteiger charge is 2.37. The molecule has 1 N–H and O–H groups in total. The molecular formula is C13H17BO4. The van der Waals surface area contributed by atoms with Crippen LogP contribution in [0.5, 0.6) is 0 Å². The van der Waals surface area contributed by atoms with Crippen molar-refractivity contribution in [3.63, 3.8) is 0 Å². The Morgan fingerprint density at radius 2 is 2.22 bits per heavy atom. The molecule has 1 atom stereocenters. The van der Waals surface area contributed by atoms with Gasteiger partial charge in [0.1, 0.15) is 0 Å². The number of aryl methyl sites for hydroxylation is 2. The number of ether oxygens (including phenoxy) is 1. The van der Waals surface area contributed by atoms with Crippen LogP contribution >= 0.6 is 0 Å². The lowest BCUT2D eigenvalue weighted by atomic mass is 9.77. The van der Waals surface area contributed by atoms with Crippen molar-refractivity contribution in [2.45, 2.75) is 33.3 Å². The first-order chi connectivity index (χ1) is 8.52. The lowest BCUT2D eigenvalue weighted by Gasteiger charge is -2.13. The van der Waals surface area contributed by atoms with E-state index in [1.165, 1.54) is 0 Å². The SMILES string of the molecule is CCOC(=O)CC1OB(O)c2cc(C)cc(C)c21. The maximum atomic E-state index is 11.5. The molecule has 96 valence electrons. The van der Waals surface area contributed by atoms with Crippen LogP contribution in [0.3, 0.4) is 0 Å². The summed E-state index contributed by atoms with van der Waals surface area (Å²) >= 11 is 0. The third-order valence-electron chi connectivity index (χ3n) is 3.10. The number of hydrogen-bond donors (Lipinski definition) is 1. The highest BCUT2D eigenvalue weighted by atomic mass is 16.5. The number of rotatable bonds is 3. The van der Waals surface area contributed by atoms with Gasteiger partial charge in [-0.1, -0.05) is 17.7 Å². The molecule has 1 unspecified atom stereocenters. The van der Waals surface area contributed by atoms with Crippen molar-refractivity contribution < 1.29 is 19.2 Å². The van der Waals surface area contributed by atoms with Crippen LogP contribution in [0.1, 0.15) is 36.1 Å². The van der Waals surface area contributed by atoms with Crippen LogP contribution in [-0.2, 0) is 14.2 Å². The lowest BCUT2D eigenvalue weighted by Crippen LogP contribution is -2.28. The summed E-state index contributed by atoms with van der Waals surface area (Å²) in [6, 6.07) is 3.93. The monoisotopic (exact) mass is 248 g/mol. The van der Waals surface area contributed by atoms with Gasteiger partial charge >= 0.3 is 13.1 Å². The first kappa shape index (κ1) is 13.1. The van der Waals surface area contributed by atoms with Crippen molar-refractivity contribution in [2.24, 2.45) is 0 Å². The summed E-state index contributed by atoms with van der Waals surface area (Å²) in [4.78, 5) is 11.5. The fourth-order valence-corrected chi connectivity index (χ4v) is 2.47. The Balaban J connectivity index is 2.27. The molecule has 0 saturated carbocycles. The van der Waals surface area contributed by atoms with Crippen LogP contribution in [0.2, 0.25) is 0 Å². The zero-order valence-electron chi connectivity index (χ0n) is 10.9. The van der Waals surface area contributed by atoms with Crippen LogP contribution in [0, 0.1) is 13.8 Å². The second kappa shape index (κ2) is 5.12. The summed E-state index contributed by atoms with van der Waals surface area (Å²) in [6.07, 6.45) is -0.267. The highest BCUT2D eigenvalue weighted by Crippen LogP contribution is 2.30. The molecule has 0 aliphatic carbocycles. The van der Waals surface area contributed by atoms with E-state index in [-0.39, 0.29) is 12.4 Å². The molecule has 1 aliphatic rings. The fourth-order valence-electron chi connectivity index (χ4n) is 2.47. The van der Waals surface area contributed by atoms with E-state index >= 15 is 0 Å². The second-order valence-electron chi connectivity index (χ2n) is 4.57. The Morgan fingerprint density at radius 1 is 1.50 bits per heavy atom. The third-order valence-corrected chi connectivity index (χ3v) is 3.10. The average molecular weight is 248 g/mol. The number of benzene rings is 1. The summed E-state index contributed by atoms with van der Waals surface area (Å²) < 4.78 is 10.4. The van der Waals surface area contributed by atoms with Gasteiger partial charge in [-0.15, -0.1) is 0 Å². The zero-order valence-corrected chi connectivity index (χ0v) is 10.9. The number of fused-ring (bicyclic) bond motifs is 1. The summed E-state index contributed by atoms with van der Waals surface area (Å²) in [6.45, 7) is 6.06. The maximum Gasteiger partial charge on any atom is 0.492 e. The smallest absolute Gasteiger partial charge is 0.466 e. The Bertz CT molecular complexity index is 472. The Morgan fingerprint density at radius 3 is 2.89 bits per heavy atom. The van der Waals surface area contributed by atoms with Gasteiger partial charge < -0.3 is 14.4 Å². The summed E-state index contributed by atoms with van der Waals surface area (Å²) in [7, 11) is -0.946. The van der Waals surface area contributed by atoms with Crippen molar-refractivity contribution in [2.75, 3.05) is 6.61 Å². The minimum Gasteiger partial charge on any atom is -0.466 e. The predicted octanol–water partition coefficient (Wildman–Crippen LogP) is 1.02. The van der Waals surface area contributed by atoms with Gasteiger partial charge in [-0.05, 0) is 37.4 Å². The first-order valence-electron chi connectivity index (χ1n) is 6.13. The minimum atomic E-state index is -0.946. The Labute approximate surface area is 107 Å². The minimum absolute atomic E-state index is 0.141. The number of hydrogen-bond acceptors (Lipinski definition) is 4. The molecule has 1 aromatic carbocycles. The normalized spacial score (nSPS) is 17.8. The molecular weight excluding hydrogens is 231 g/mol. The van der Waals surface area contributed by atoms with Crippen LogP contribution in [-0.4, -0.2) is 24.7 Å². The molecule has 1 heterocycles. The van der Waals surface area contributed by atoms with Crippen molar-refractivity contribution in [1.29, 1.82) is 0 Å². The van der Waals surface area contributed by atoms with Crippen LogP contribution in [0.25, 0.3) is 0 Å². The Kier molecular flexibility index (Phi) is 3.73. The Hall–Kier alpha value is -1.33. The fraction of sp³-hybridized carbons (Fsp3) is 0.462. The standard InChI is InChI=1S/C13H17BO4/c1-4-17-12(15)7-11-13-9(3)5-8(2)6-10(13)14(16)18-11/h5-6,11,16H,4,7H2,1-3H3. The van der Waals surface area contributed by atoms with Crippen molar-refractivity contribution >= 4 is 18.6 Å². The first-order valence-corrected chi connectivity index (χ1v) is 6.13. The van der Waals surface area contributed by atoms with Gasteiger partial charge in [0.05, 0.1) is 19.1 Å². The summed E-state index contributed by atoms with van der Waals surface area (Å²) in [5.74, 6) is -0.303.